The molecule has 1 N–H and O–H groups in total. The summed E-state index contributed by atoms with van der Waals surface area (Å²) in [5.41, 5.74) is 1.04. The van der Waals surface area contributed by atoms with Crippen molar-refractivity contribution in [3.63, 3.8) is 0 Å². The fourth-order valence-electron chi connectivity index (χ4n) is 3.44. The summed E-state index contributed by atoms with van der Waals surface area (Å²) < 4.78 is 8.90. The van der Waals surface area contributed by atoms with Crippen LogP contribution in [0.2, 0.25) is 5.02 Å². The maximum absolute atomic E-state index is 13.0. The number of benzene rings is 2. The molecule has 0 saturated carbocycles. The van der Waals surface area contributed by atoms with E-state index in [1.165, 1.54) is 4.68 Å². The topological polar surface area (TPSA) is 81.9 Å². The molecule has 0 spiro atoms. The lowest BCUT2D eigenvalue weighted by molar-refractivity contribution is 0.0893. The quantitative estimate of drug-likeness (QED) is 0.467. The molecule has 2 aromatic carbocycles. The molecule has 0 aliphatic carbocycles. The van der Waals surface area contributed by atoms with Crippen LogP contribution in [0.4, 0.5) is 0 Å². The van der Waals surface area contributed by atoms with E-state index in [2.05, 4.69) is 10.1 Å². The molecule has 0 unspecified atom stereocenters. The Labute approximate surface area is 175 Å². The van der Waals surface area contributed by atoms with Gasteiger partial charge in [-0.2, -0.15) is 0 Å². The third-order valence-electron chi connectivity index (χ3n) is 4.83. The van der Waals surface area contributed by atoms with Crippen LogP contribution in [-0.2, 0) is 6.54 Å². The SMILES string of the molecule is O=C(Cn1[nH]c(=O)c2cc(Cl)ccc21)n1ccc2ccc(Oc3cccnc3)cc21. The summed E-state index contributed by atoms with van der Waals surface area (Å²) in [6.45, 7) is -0.0299. The zero-order valence-corrected chi connectivity index (χ0v) is 16.3. The smallest absolute Gasteiger partial charge is 0.272 e. The molecule has 0 saturated heterocycles. The van der Waals surface area contributed by atoms with E-state index in [9.17, 15) is 9.59 Å². The maximum Gasteiger partial charge on any atom is 0.272 e. The molecule has 3 aromatic heterocycles. The first-order chi connectivity index (χ1) is 14.6. The molecule has 7 nitrogen and oxygen atoms in total. The van der Waals surface area contributed by atoms with Gasteiger partial charge in [-0.05, 0) is 48.5 Å². The Morgan fingerprint density at radius 2 is 1.97 bits per heavy atom. The summed E-state index contributed by atoms with van der Waals surface area (Å²) in [5, 5.41) is 4.52. The van der Waals surface area contributed by atoms with Crippen molar-refractivity contribution in [2.75, 3.05) is 0 Å². The lowest BCUT2D eigenvalue weighted by Gasteiger charge is -2.09. The molecule has 5 rings (SSSR count). The first kappa shape index (κ1) is 18.2. The van der Waals surface area contributed by atoms with E-state index >= 15 is 0 Å². The number of halogens is 1. The molecule has 3 heterocycles. The van der Waals surface area contributed by atoms with Crippen LogP contribution in [0.25, 0.3) is 21.8 Å². The molecule has 0 aliphatic heterocycles. The molecular weight excluding hydrogens is 404 g/mol. The first-order valence-electron chi connectivity index (χ1n) is 9.19. The van der Waals surface area contributed by atoms with Crippen LogP contribution in [0.5, 0.6) is 11.5 Å². The van der Waals surface area contributed by atoms with E-state index in [4.69, 9.17) is 16.3 Å². The molecule has 0 fully saturated rings. The summed E-state index contributed by atoms with van der Waals surface area (Å²) in [6, 6.07) is 16.0. The number of pyridine rings is 1. The van der Waals surface area contributed by atoms with Gasteiger partial charge in [-0.1, -0.05) is 11.6 Å². The zero-order chi connectivity index (χ0) is 20.7. The van der Waals surface area contributed by atoms with Gasteiger partial charge in [0.15, 0.2) is 0 Å². The molecular formula is C22H15ClN4O3. The van der Waals surface area contributed by atoms with Gasteiger partial charge in [-0.25, -0.2) is 0 Å². The lowest BCUT2D eigenvalue weighted by Crippen LogP contribution is -2.19. The fraction of sp³-hybridized carbons (Fsp3) is 0.0455. The maximum atomic E-state index is 13.0. The predicted octanol–water partition coefficient (Wildman–Crippen LogP) is 4.47. The van der Waals surface area contributed by atoms with Crippen LogP contribution in [0.15, 0.2) is 78.0 Å². The summed E-state index contributed by atoms with van der Waals surface area (Å²) in [7, 11) is 0. The van der Waals surface area contributed by atoms with Crippen molar-refractivity contribution < 1.29 is 9.53 Å². The van der Waals surface area contributed by atoms with Crippen LogP contribution in [-0.4, -0.2) is 25.2 Å². The number of H-pyrrole nitrogens is 1. The zero-order valence-electron chi connectivity index (χ0n) is 15.6. The standard InChI is InChI=1S/C22H15ClN4O3/c23-15-4-6-19-18(10-15)22(29)25-27(19)13-21(28)26-9-7-14-3-5-16(11-20(14)26)30-17-2-1-8-24-12-17/h1-12H,13H2,(H,25,29). The summed E-state index contributed by atoms with van der Waals surface area (Å²) in [5.74, 6) is 1.00. The largest absolute Gasteiger partial charge is 0.456 e. The molecule has 0 aliphatic rings. The Morgan fingerprint density at radius 3 is 2.80 bits per heavy atom. The highest BCUT2D eigenvalue weighted by atomic mass is 35.5. The minimum atomic E-state index is -0.287. The predicted molar refractivity (Wildman–Crippen MR) is 114 cm³/mol. The third-order valence-corrected chi connectivity index (χ3v) is 5.06. The van der Waals surface area contributed by atoms with Crippen molar-refractivity contribution in [3.8, 4) is 11.5 Å². The number of nitrogens with one attached hydrogen (secondary N) is 1. The monoisotopic (exact) mass is 418 g/mol. The number of aromatic amines is 1. The van der Waals surface area contributed by atoms with Crippen LogP contribution in [0, 0.1) is 0 Å². The normalized spacial score (nSPS) is 11.2. The number of fused-ring (bicyclic) bond motifs is 2. The van der Waals surface area contributed by atoms with E-state index in [1.807, 2.05) is 18.2 Å². The van der Waals surface area contributed by atoms with E-state index in [1.54, 1.807) is 59.6 Å². The number of nitrogens with zero attached hydrogens (tertiary/aromatic N) is 3. The number of hydrogen-bond acceptors (Lipinski definition) is 4. The van der Waals surface area contributed by atoms with E-state index in [0.717, 1.165) is 5.39 Å². The summed E-state index contributed by atoms with van der Waals surface area (Å²) >= 11 is 5.98. The van der Waals surface area contributed by atoms with Gasteiger partial charge in [0.2, 0.25) is 0 Å². The van der Waals surface area contributed by atoms with Gasteiger partial charge in [0, 0.05) is 28.9 Å². The molecule has 0 bridgehead atoms. The average molecular weight is 419 g/mol. The van der Waals surface area contributed by atoms with E-state index in [0.29, 0.717) is 32.9 Å². The summed E-state index contributed by atoms with van der Waals surface area (Å²) in [4.78, 5) is 29.2. The number of ether oxygens (including phenoxy) is 1. The molecule has 5 aromatic rings. The first-order valence-corrected chi connectivity index (χ1v) is 9.56. The van der Waals surface area contributed by atoms with Crippen LogP contribution in [0.3, 0.4) is 0 Å². The highest BCUT2D eigenvalue weighted by Crippen LogP contribution is 2.26. The van der Waals surface area contributed by atoms with Crippen LogP contribution in [0.1, 0.15) is 4.79 Å². The molecule has 148 valence electrons. The van der Waals surface area contributed by atoms with Gasteiger partial charge >= 0.3 is 0 Å². The second kappa shape index (κ2) is 7.20. The Bertz CT molecular complexity index is 1450. The minimum Gasteiger partial charge on any atom is -0.456 e. The van der Waals surface area contributed by atoms with Crippen molar-refractivity contribution in [2.24, 2.45) is 0 Å². The Morgan fingerprint density at radius 1 is 1.07 bits per heavy atom. The van der Waals surface area contributed by atoms with Gasteiger partial charge in [0.1, 0.15) is 18.0 Å². The number of rotatable bonds is 4. The summed E-state index contributed by atoms with van der Waals surface area (Å²) in [6.07, 6.45) is 5.00. The van der Waals surface area contributed by atoms with E-state index in [-0.39, 0.29) is 18.0 Å². The van der Waals surface area contributed by atoms with Crippen molar-refractivity contribution in [3.05, 3.63) is 88.6 Å². The van der Waals surface area contributed by atoms with Gasteiger partial charge in [-0.15, -0.1) is 0 Å². The number of aromatic nitrogens is 4. The van der Waals surface area contributed by atoms with Gasteiger partial charge in [-0.3, -0.25) is 28.9 Å². The van der Waals surface area contributed by atoms with Gasteiger partial charge in [0.25, 0.3) is 11.5 Å². The van der Waals surface area contributed by atoms with E-state index < -0.39 is 0 Å². The molecule has 8 heteroatoms. The molecule has 0 amide bonds. The number of carbonyl (C=O) groups is 1. The molecule has 0 atom stereocenters. The molecule has 30 heavy (non-hydrogen) atoms. The van der Waals surface area contributed by atoms with Crippen molar-refractivity contribution in [1.82, 2.24) is 19.3 Å². The van der Waals surface area contributed by atoms with Crippen LogP contribution < -0.4 is 10.3 Å². The van der Waals surface area contributed by atoms with Crippen molar-refractivity contribution in [2.45, 2.75) is 6.54 Å². The Hall–Kier alpha value is -3.84. The Kier molecular flexibility index (Phi) is 4.37. The number of hydrogen-bond donors (Lipinski definition) is 1. The molecule has 0 radical (unpaired) electrons. The second-order valence-electron chi connectivity index (χ2n) is 6.78. The Balaban J connectivity index is 1.48. The minimum absolute atomic E-state index is 0.0299. The highest BCUT2D eigenvalue weighted by molar-refractivity contribution is 6.31. The van der Waals surface area contributed by atoms with Crippen LogP contribution >= 0.6 is 11.6 Å². The lowest BCUT2D eigenvalue weighted by atomic mass is 10.2. The fourth-order valence-corrected chi connectivity index (χ4v) is 3.61. The van der Waals surface area contributed by atoms with Gasteiger partial charge < -0.3 is 4.74 Å². The average Bonchev–Trinajstić information content (AvgIpc) is 3.29. The highest BCUT2D eigenvalue weighted by Gasteiger charge is 2.14. The van der Waals surface area contributed by atoms with Crippen molar-refractivity contribution in [1.29, 1.82) is 0 Å². The van der Waals surface area contributed by atoms with Crippen molar-refractivity contribution >= 4 is 39.3 Å². The van der Waals surface area contributed by atoms with Gasteiger partial charge in [0.05, 0.1) is 22.6 Å². The third kappa shape index (κ3) is 3.25. The number of carbonyl (C=O) groups excluding carboxylic acids is 1. The second-order valence-corrected chi connectivity index (χ2v) is 7.22.